The van der Waals surface area contributed by atoms with Crippen LogP contribution in [0, 0.1) is 0 Å². The van der Waals surface area contributed by atoms with E-state index >= 15 is 0 Å². The molecule has 25 heavy (non-hydrogen) atoms. The van der Waals surface area contributed by atoms with E-state index in [4.69, 9.17) is 4.74 Å². The molecule has 2 amide bonds. The molecule has 6 nitrogen and oxygen atoms in total. The summed E-state index contributed by atoms with van der Waals surface area (Å²) >= 11 is 0. The van der Waals surface area contributed by atoms with Crippen molar-refractivity contribution in [1.29, 1.82) is 0 Å². The van der Waals surface area contributed by atoms with Gasteiger partial charge in [-0.1, -0.05) is 24.3 Å². The molecule has 0 aromatic heterocycles. The monoisotopic (exact) mass is 344 g/mol. The van der Waals surface area contributed by atoms with Crippen LogP contribution in [-0.4, -0.2) is 47.3 Å². The molecule has 0 saturated heterocycles. The van der Waals surface area contributed by atoms with E-state index in [1.807, 2.05) is 44.2 Å². The van der Waals surface area contributed by atoms with Crippen molar-refractivity contribution in [3.63, 3.8) is 0 Å². The average Bonchev–Trinajstić information content (AvgIpc) is 2.61. The molecule has 0 bridgehead atoms. The zero-order chi connectivity index (χ0) is 18.4. The molecule has 1 unspecified atom stereocenters. The molecule has 0 spiro atoms. The number of amides is 2. The minimum Gasteiger partial charge on any atom is -0.455 e. The lowest BCUT2D eigenvalue weighted by atomic mass is 9.94. The van der Waals surface area contributed by atoms with Crippen molar-refractivity contribution in [3.8, 4) is 0 Å². The van der Waals surface area contributed by atoms with Gasteiger partial charge >= 0.3 is 5.97 Å². The fraction of sp³-hybridized carbons (Fsp3) is 0.421. The van der Waals surface area contributed by atoms with Crippen LogP contribution in [0.4, 0.5) is 0 Å². The molecule has 1 heterocycles. The number of likely N-dealkylation sites (N-methyl/N-ethyl adjacent to an activating group) is 1. The van der Waals surface area contributed by atoms with E-state index in [2.05, 4.69) is 0 Å². The largest absolute Gasteiger partial charge is 0.455 e. The molecule has 0 saturated carbocycles. The number of hydrogen-bond acceptors (Lipinski definition) is 4. The number of rotatable bonds is 6. The van der Waals surface area contributed by atoms with E-state index in [0.717, 1.165) is 11.1 Å². The summed E-state index contributed by atoms with van der Waals surface area (Å²) in [6, 6.07) is 7.19. The Bertz CT molecular complexity index is 680. The highest BCUT2D eigenvalue weighted by molar-refractivity contribution is 5.82. The predicted molar refractivity (Wildman–Crippen MR) is 94.2 cm³/mol. The summed E-state index contributed by atoms with van der Waals surface area (Å²) in [5, 5.41) is 0. The Balaban J connectivity index is 2.06. The lowest BCUT2D eigenvalue weighted by Crippen LogP contribution is -2.35. The maximum atomic E-state index is 12.2. The molecular weight excluding hydrogens is 320 g/mol. The van der Waals surface area contributed by atoms with Crippen LogP contribution in [0.5, 0.6) is 0 Å². The number of nitrogens with zero attached hydrogens (tertiary/aromatic N) is 2. The highest BCUT2D eigenvalue weighted by Crippen LogP contribution is 2.32. The van der Waals surface area contributed by atoms with Crippen molar-refractivity contribution < 1.29 is 19.1 Å². The van der Waals surface area contributed by atoms with Gasteiger partial charge in [-0.15, -0.1) is 0 Å². The van der Waals surface area contributed by atoms with Crippen LogP contribution in [-0.2, 0) is 19.1 Å². The van der Waals surface area contributed by atoms with Gasteiger partial charge in [0, 0.05) is 26.2 Å². The van der Waals surface area contributed by atoms with Crippen molar-refractivity contribution in [2.75, 3.05) is 19.7 Å². The normalized spacial score (nSPS) is 15.5. The van der Waals surface area contributed by atoms with E-state index in [0.29, 0.717) is 13.1 Å². The molecular formula is C19H24N2O4. The Labute approximate surface area is 148 Å². The third kappa shape index (κ3) is 4.47. The van der Waals surface area contributed by atoms with Gasteiger partial charge in [0.25, 0.3) is 5.91 Å². The first kappa shape index (κ1) is 18.7. The highest BCUT2D eigenvalue weighted by atomic mass is 16.5. The van der Waals surface area contributed by atoms with Gasteiger partial charge in [-0.05, 0) is 31.1 Å². The minimum absolute atomic E-state index is 0.00641. The van der Waals surface area contributed by atoms with Gasteiger partial charge < -0.3 is 14.5 Å². The Kier molecular flexibility index (Phi) is 6.33. The summed E-state index contributed by atoms with van der Waals surface area (Å²) in [5.41, 5.74) is 1.87. The fourth-order valence-corrected chi connectivity index (χ4v) is 2.94. The maximum absolute atomic E-state index is 12.2. The topological polar surface area (TPSA) is 66.9 Å². The van der Waals surface area contributed by atoms with Gasteiger partial charge in [-0.25, -0.2) is 0 Å². The van der Waals surface area contributed by atoms with Gasteiger partial charge in [0.1, 0.15) is 0 Å². The van der Waals surface area contributed by atoms with Gasteiger partial charge in [0.2, 0.25) is 5.91 Å². The molecule has 0 aliphatic carbocycles. The Morgan fingerprint density at radius 3 is 2.48 bits per heavy atom. The van der Waals surface area contributed by atoms with E-state index in [-0.39, 0.29) is 24.8 Å². The van der Waals surface area contributed by atoms with Crippen LogP contribution in [0.15, 0.2) is 30.5 Å². The number of carbonyl (C=O) groups is 3. The molecule has 0 N–H and O–H groups in total. The summed E-state index contributed by atoms with van der Waals surface area (Å²) in [6.45, 7) is 6.08. The summed E-state index contributed by atoms with van der Waals surface area (Å²) in [5.74, 6) is -0.865. The summed E-state index contributed by atoms with van der Waals surface area (Å²) in [7, 11) is 0. The molecule has 134 valence electrons. The molecule has 6 heteroatoms. The molecule has 2 rings (SSSR count). The van der Waals surface area contributed by atoms with Gasteiger partial charge in [-0.3, -0.25) is 14.4 Å². The third-order valence-corrected chi connectivity index (χ3v) is 4.30. The SMILES string of the molecule is CCN(CC)C(=O)COC(=O)CC1c2ccccc2C=CN1C(C)=O. The van der Waals surface area contributed by atoms with Crippen LogP contribution >= 0.6 is 0 Å². The average molecular weight is 344 g/mol. The maximum Gasteiger partial charge on any atom is 0.308 e. The van der Waals surface area contributed by atoms with E-state index < -0.39 is 12.0 Å². The third-order valence-electron chi connectivity index (χ3n) is 4.30. The minimum atomic E-state index is -0.498. The van der Waals surface area contributed by atoms with Crippen molar-refractivity contribution in [3.05, 3.63) is 41.6 Å². The van der Waals surface area contributed by atoms with Gasteiger partial charge in [0.05, 0.1) is 12.5 Å². The Hall–Kier alpha value is -2.63. The zero-order valence-corrected chi connectivity index (χ0v) is 14.9. The van der Waals surface area contributed by atoms with Gasteiger partial charge in [-0.2, -0.15) is 0 Å². The molecule has 1 aliphatic heterocycles. The zero-order valence-electron chi connectivity index (χ0n) is 14.9. The van der Waals surface area contributed by atoms with Crippen LogP contribution < -0.4 is 0 Å². The molecule has 1 aromatic rings. The van der Waals surface area contributed by atoms with Crippen molar-refractivity contribution in [1.82, 2.24) is 9.80 Å². The first-order valence-electron chi connectivity index (χ1n) is 8.47. The number of carbonyl (C=O) groups excluding carboxylic acids is 3. The van der Waals surface area contributed by atoms with E-state index in [1.165, 1.54) is 11.8 Å². The molecule has 0 radical (unpaired) electrons. The first-order chi connectivity index (χ1) is 12.0. The fourth-order valence-electron chi connectivity index (χ4n) is 2.94. The van der Waals surface area contributed by atoms with Crippen LogP contribution in [0.25, 0.3) is 6.08 Å². The molecule has 1 atom stereocenters. The number of ether oxygens (including phenoxy) is 1. The second-order valence-electron chi connectivity index (χ2n) is 5.82. The summed E-state index contributed by atoms with van der Waals surface area (Å²) in [6.07, 6.45) is 3.54. The summed E-state index contributed by atoms with van der Waals surface area (Å²) < 4.78 is 5.14. The van der Waals surface area contributed by atoms with E-state index in [9.17, 15) is 14.4 Å². The number of benzene rings is 1. The Morgan fingerprint density at radius 1 is 1.16 bits per heavy atom. The molecule has 1 aromatic carbocycles. The summed E-state index contributed by atoms with van der Waals surface area (Å²) in [4.78, 5) is 39.2. The van der Waals surface area contributed by atoms with E-state index in [1.54, 1.807) is 11.1 Å². The van der Waals surface area contributed by atoms with Crippen molar-refractivity contribution in [2.45, 2.75) is 33.2 Å². The lowest BCUT2D eigenvalue weighted by molar-refractivity contribution is -0.153. The van der Waals surface area contributed by atoms with Crippen molar-refractivity contribution >= 4 is 23.9 Å². The van der Waals surface area contributed by atoms with Crippen LogP contribution in [0.2, 0.25) is 0 Å². The first-order valence-corrected chi connectivity index (χ1v) is 8.47. The quantitative estimate of drug-likeness (QED) is 0.743. The van der Waals surface area contributed by atoms with Crippen LogP contribution in [0.1, 0.15) is 44.4 Å². The number of hydrogen-bond donors (Lipinski definition) is 0. The second kappa shape index (κ2) is 8.46. The predicted octanol–water partition coefficient (Wildman–Crippen LogP) is 2.36. The van der Waals surface area contributed by atoms with Gasteiger partial charge in [0.15, 0.2) is 6.61 Å². The van der Waals surface area contributed by atoms with Crippen molar-refractivity contribution in [2.24, 2.45) is 0 Å². The number of fused-ring (bicyclic) bond motifs is 1. The number of esters is 1. The molecule has 0 fully saturated rings. The lowest BCUT2D eigenvalue weighted by Gasteiger charge is -2.32. The Morgan fingerprint density at radius 2 is 1.84 bits per heavy atom. The highest BCUT2D eigenvalue weighted by Gasteiger charge is 2.29. The molecule has 1 aliphatic rings. The van der Waals surface area contributed by atoms with Crippen LogP contribution in [0.3, 0.4) is 0 Å². The smallest absolute Gasteiger partial charge is 0.308 e. The standard InChI is InChI=1S/C19H24N2O4/c1-4-20(5-2)18(23)13-25-19(24)12-17-16-9-7-6-8-15(16)10-11-21(17)14(3)22/h6-11,17H,4-5,12-13H2,1-3H3. The second-order valence-corrected chi connectivity index (χ2v) is 5.82.